The summed E-state index contributed by atoms with van der Waals surface area (Å²) in [6.07, 6.45) is 0. The van der Waals surface area contributed by atoms with Gasteiger partial charge in [0.25, 0.3) is 5.91 Å². The van der Waals surface area contributed by atoms with Crippen LogP contribution in [0.2, 0.25) is 5.02 Å². The summed E-state index contributed by atoms with van der Waals surface area (Å²) in [4.78, 5) is 16.4. The van der Waals surface area contributed by atoms with E-state index in [9.17, 15) is 9.90 Å². The third-order valence-electron chi connectivity index (χ3n) is 3.90. The monoisotopic (exact) mass is 316 g/mol. The number of para-hydroxylation sites is 1. The molecule has 0 saturated heterocycles. The Labute approximate surface area is 134 Å². The minimum atomic E-state index is -0.258. The van der Waals surface area contributed by atoms with Gasteiger partial charge in [0.1, 0.15) is 0 Å². The third-order valence-corrected chi connectivity index (χ3v) is 4.13. The first kappa shape index (κ1) is 14.9. The fraction of sp³-hybridized carbons (Fsp3) is 0.235. The van der Waals surface area contributed by atoms with Gasteiger partial charge in [-0.3, -0.25) is 4.79 Å². The van der Waals surface area contributed by atoms with Crippen molar-refractivity contribution in [3.63, 3.8) is 0 Å². The maximum Gasteiger partial charge on any atom is 0.257 e. The van der Waals surface area contributed by atoms with Gasteiger partial charge in [-0.15, -0.1) is 0 Å². The Morgan fingerprint density at radius 1 is 1.23 bits per heavy atom. The highest BCUT2D eigenvalue weighted by Gasteiger charge is 2.32. The Hall–Kier alpha value is -2.04. The normalized spacial score (nSPS) is 15.7. The number of fused-ring (bicyclic) bond motifs is 1. The molecule has 22 heavy (non-hydrogen) atoms. The van der Waals surface area contributed by atoms with E-state index in [0.717, 1.165) is 11.4 Å². The number of rotatable bonds is 3. The van der Waals surface area contributed by atoms with Gasteiger partial charge in [0.2, 0.25) is 0 Å². The molecule has 1 heterocycles. The molecule has 2 aromatic rings. The van der Waals surface area contributed by atoms with E-state index < -0.39 is 0 Å². The predicted molar refractivity (Wildman–Crippen MR) is 87.6 cm³/mol. The summed E-state index contributed by atoms with van der Waals surface area (Å²) in [5.41, 5.74) is 2.39. The number of halogens is 1. The van der Waals surface area contributed by atoms with Crippen LogP contribution in [-0.4, -0.2) is 35.2 Å². The number of anilines is 2. The van der Waals surface area contributed by atoms with Gasteiger partial charge < -0.3 is 14.9 Å². The Bertz CT molecular complexity index is 690. The molecular weight excluding hydrogens is 300 g/mol. The molecule has 0 bridgehead atoms. The molecular formula is C17H17ClN2O2. The van der Waals surface area contributed by atoms with Gasteiger partial charge in [-0.2, -0.15) is 0 Å². The van der Waals surface area contributed by atoms with E-state index in [4.69, 9.17) is 11.6 Å². The molecule has 0 aromatic heterocycles. The first-order valence-electron chi connectivity index (χ1n) is 7.16. The number of aliphatic hydroxyl groups excluding tert-OH is 1. The molecule has 1 aliphatic rings. The lowest BCUT2D eigenvalue weighted by Crippen LogP contribution is -2.50. The maximum atomic E-state index is 12.7. The maximum absolute atomic E-state index is 12.7. The molecule has 0 aliphatic carbocycles. The highest BCUT2D eigenvalue weighted by molar-refractivity contribution is 6.31. The summed E-state index contributed by atoms with van der Waals surface area (Å²) in [7, 11) is 0. The lowest BCUT2D eigenvalue weighted by Gasteiger charge is -2.40. The molecule has 1 N–H and O–H groups in total. The number of nitrogens with zero attached hydrogens (tertiary/aromatic N) is 2. The van der Waals surface area contributed by atoms with Crippen LogP contribution in [0.25, 0.3) is 0 Å². The number of aliphatic hydroxyl groups is 1. The van der Waals surface area contributed by atoms with Crippen LogP contribution in [0.5, 0.6) is 0 Å². The first-order chi connectivity index (χ1) is 10.6. The zero-order valence-corrected chi connectivity index (χ0v) is 13.0. The molecule has 1 atom stereocenters. The SMILES string of the molecule is CC(CO)N1CN(c2ccccc2)c2ccc(Cl)cc2C1=O. The molecule has 0 spiro atoms. The summed E-state index contributed by atoms with van der Waals surface area (Å²) in [6, 6.07) is 14.9. The summed E-state index contributed by atoms with van der Waals surface area (Å²) in [5.74, 6) is -0.105. The van der Waals surface area contributed by atoms with Crippen LogP contribution in [-0.2, 0) is 0 Å². The van der Waals surface area contributed by atoms with Gasteiger partial charge in [0.15, 0.2) is 0 Å². The molecule has 4 nitrogen and oxygen atoms in total. The third kappa shape index (κ3) is 2.56. The Morgan fingerprint density at radius 2 is 1.95 bits per heavy atom. The van der Waals surface area contributed by atoms with Crippen molar-refractivity contribution in [2.75, 3.05) is 18.2 Å². The van der Waals surface area contributed by atoms with Crippen LogP contribution < -0.4 is 4.90 Å². The van der Waals surface area contributed by atoms with Gasteiger partial charge in [0, 0.05) is 10.7 Å². The van der Waals surface area contributed by atoms with Crippen molar-refractivity contribution in [1.82, 2.24) is 4.90 Å². The minimum Gasteiger partial charge on any atom is -0.394 e. The largest absolute Gasteiger partial charge is 0.394 e. The average Bonchev–Trinajstić information content (AvgIpc) is 2.56. The van der Waals surface area contributed by atoms with Crippen molar-refractivity contribution >= 4 is 28.9 Å². The van der Waals surface area contributed by atoms with Gasteiger partial charge >= 0.3 is 0 Å². The molecule has 3 rings (SSSR count). The topological polar surface area (TPSA) is 43.8 Å². The van der Waals surface area contributed by atoms with Crippen molar-refractivity contribution in [1.29, 1.82) is 0 Å². The van der Waals surface area contributed by atoms with Gasteiger partial charge in [-0.1, -0.05) is 29.8 Å². The molecule has 0 radical (unpaired) electrons. The van der Waals surface area contributed by atoms with E-state index >= 15 is 0 Å². The van der Waals surface area contributed by atoms with Crippen LogP contribution in [0.15, 0.2) is 48.5 Å². The van der Waals surface area contributed by atoms with Crippen molar-refractivity contribution in [3.8, 4) is 0 Å². The summed E-state index contributed by atoms with van der Waals surface area (Å²) in [6.45, 7) is 2.15. The summed E-state index contributed by atoms with van der Waals surface area (Å²) < 4.78 is 0. The molecule has 1 amide bonds. The van der Waals surface area contributed by atoms with Crippen molar-refractivity contribution in [3.05, 3.63) is 59.1 Å². The van der Waals surface area contributed by atoms with E-state index in [1.807, 2.05) is 43.3 Å². The van der Waals surface area contributed by atoms with E-state index in [-0.39, 0.29) is 18.6 Å². The smallest absolute Gasteiger partial charge is 0.257 e. The summed E-state index contributed by atoms with van der Waals surface area (Å²) >= 11 is 6.06. The first-order valence-corrected chi connectivity index (χ1v) is 7.53. The second-order valence-corrected chi connectivity index (χ2v) is 5.81. The van der Waals surface area contributed by atoms with Crippen LogP contribution in [0.3, 0.4) is 0 Å². The average molecular weight is 317 g/mol. The Morgan fingerprint density at radius 3 is 2.64 bits per heavy atom. The molecule has 2 aromatic carbocycles. The van der Waals surface area contributed by atoms with Crippen LogP contribution in [0.1, 0.15) is 17.3 Å². The number of amides is 1. The number of benzene rings is 2. The van der Waals surface area contributed by atoms with E-state index in [1.54, 1.807) is 17.0 Å². The fourth-order valence-corrected chi connectivity index (χ4v) is 2.80. The zero-order valence-electron chi connectivity index (χ0n) is 12.2. The van der Waals surface area contributed by atoms with E-state index in [0.29, 0.717) is 17.3 Å². The number of hydrogen-bond acceptors (Lipinski definition) is 3. The fourth-order valence-electron chi connectivity index (χ4n) is 2.63. The molecule has 0 saturated carbocycles. The van der Waals surface area contributed by atoms with Crippen molar-refractivity contribution in [2.45, 2.75) is 13.0 Å². The number of hydrogen-bond donors (Lipinski definition) is 1. The predicted octanol–water partition coefficient (Wildman–Crippen LogP) is 3.27. The van der Waals surface area contributed by atoms with Crippen molar-refractivity contribution in [2.24, 2.45) is 0 Å². The van der Waals surface area contributed by atoms with Gasteiger partial charge in [-0.05, 0) is 37.3 Å². The molecule has 1 aliphatic heterocycles. The van der Waals surface area contributed by atoms with E-state index in [1.165, 1.54) is 0 Å². The van der Waals surface area contributed by atoms with Crippen molar-refractivity contribution < 1.29 is 9.90 Å². The number of carbonyl (C=O) groups excluding carboxylic acids is 1. The standard InChI is InChI=1S/C17H17ClN2O2/c1-12(10-21)19-11-20(14-5-3-2-4-6-14)16-8-7-13(18)9-15(16)17(19)22/h2-9,12,21H,10-11H2,1H3. The van der Waals surface area contributed by atoms with E-state index in [2.05, 4.69) is 4.90 Å². The highest BCUT2D eigenvalue weighted by Crippen LogP contribution is 2.35. The quantitative estimate of drug-likeness (QED) is 0.945. The summed E-state index contributed by atoms with van der Waals surface area (Å²) in [5, 5.41) is 9.95. The highest BCUT2D eigenvalue weighted by atomic mass is 35.5. The van der Waals surface area contributed by atoms with Gasteiger partial charge in [0.05, 0.1) is 30.6 Å². The Balaban J connectivity index is 2.11. The zero-order chi connectivity index (χ0) is 15.7. The second kappa shape index (κ2) is 5.99. The van der Waals surface area contributed by atoms with Crippen LogP contribution in [0.4, 0.5) is 11.4 Å². The molecule has 1 unspecified atom stereocenters. The lowest BCUT2D eigenvalue weighted by molar-refractivity contribution is 0.0609. The van der Waals surface area contributed by atoms with Gasteiger partial charge in [-0.25, -0.2) is 0 Å². The number of carbonyl (C=O) groups is 1. The van der Waals surface area contributed by atoms with Crippen LogP contribution in [0, 0.1) is 0 Å². The molecule has 5 heteroatoms. The Kier molecular flexibility index (Phi) is 4.05. The minimum absolute atomic E-state index is 0.0791. The lowest BCUT2D eigenvalue weighted by atomic mass is 10.1. The van der Waals surface area contributed by atoms with Crippen LogP contribution >= 0.6 is 11.6 Å². The molecule has 0 fully saturated rings. The second-order valence-electron chi connectivity index (χ2n) is 5.37. The molecule has 114 valence electrons.